The Balaban J connectivity index is 2.25. The highest BCUT2D eigenvalue weighted by Gasteiger charge is 2.14. The number of aromatic amines is 1. The first-order valence-corrected chi connectivity index (χ1v) is 6.30. The molecule has 0 aliphatic carbocycles. The Labute approximate surface area is 113 Å². The molecule has 0 atom stereocenters. The number of hydrogen-bond acceptors (Lipinski definition) is 3. The predicted octanol–water partition coefficient (Wildman–Crippen LogP) is 2.57. The zero-order chi connectivity index (χ0) is 13.1. The number of halogens is 1. The van der Waals surface area contributed by atoms with E-state index in [9.17, 15) is 4.79 Å². The average Bonchev–Trinajstić information content (AvgIpc) is 2.79. The Kier molecular flexibility index (Phi) is 3.66. The van der Waals surface area contributed by atoms with Crippen molar-refractivity contribution in [2.24, 2.45) is 0 Å². The lowest BCUT2D eigenvalue weighted by Crippen LogP contribution is -2.14. The van der Waals surface area contributed by atoms with Crippen LogP contribution in [0, 0.1) is 0 Å². The fraction of sp³-hybridized carbons (Fsp3) is 0.167. The number of aromatic nitrogens is 2. The largest absolute Gasteiger partial charge is 0.398 e. The van der Waals surface area contributed by atoms with Gasteiger partial charge in [-0.2, -0.15) is 5.10 Å². The van der Waals surface area contributed by atoms with Crippen molar-refractivity contribution in [1.29, 1.82) is 0 Å². The second-order valence-electron chi connectivity index (χ2n) is 3.79. The summed E-state index contributed by atoms with van der Waals surface area (Å²) in [6, 6.07) is 5.18. The van der Waals surface area contributed by atoms with Crippen LogP contribution in [0.3, 0.4) is 0 Å². The minimum Gasteiger partial charge on any atom is -0.398 e. The summed E-state index contributed by atoms with van der Waals surface area (Å²) in [5.41, 5.74) is 7.73. The fourth-order valence-corrected chi connectivity index (χ4v) is 2.04. The number of nitrogen functional groups attached to an aromatic ring is 1. The number of carbonyl (C=O) groups excluding carboxylic acids is 1. The molecule has 18 heavy (non-hydrogen) atoms. The van der Waals surface area contributed by atoms with Gasteiger partial charge in [-0.05, 0) is 34.5 Å². The second-order valence-corrected chi connectivity index (χ2v) is 4.58. The summed E-state index contributed by atoms with van der Waals surface area (Å²) < 4.78 is 0.597. The van der Waals surface area contributed by atoms with E-state index in [1.165, 1.54) is 0 Å². The molecule has 0 radical (unpaired) electrons. The van der Waals surface area contributed by atoms with Crippen LogP contribution in [-0.2, 0) is 6.42 Å². The molecule has 2 rings (SSSR count). The molecule has 1 aromatic heterocycles. The lowest BCUT2D eigenvalue weighted by atomic mass is 10.2. The fourth-order valence-electron chi connectivity index (χ4n) is 1.59. The Hall–Kier alpha value is -1.82. The molecule has 0 aliphatic rings. The minimum atomic E-state index is -0.229. The van der Waals surface area contributed by atoms with Gasteiger partial charge in [0.2, 0.25) is 0 Å². The maximum Gasteiger partial charge on any atom is 0.258 e. The zero-order valence-corrected chi connectivity index (χ0v) is 11.4. The van der Waals surface area contributed by atoms with Gasteiger partial charge in [0.1, 0.15) is 5.82 Å². The molecule has 0 aliphatic heterocycles. The van der Waals surface area contributed by atoms with Crippen molar-refractivity contribution in [3.05, 3.63) is 40.0 Å². The number of amides is 1. The normalized spacial score (nSPS) is 10.3. The van der Waals surface area contributed by atoms with Crippen LogP contribution in [0.25, 0.3) is 0 Å². The van der Waals surface area contributed by atoms with E-state index in [0.717, 1.165) is 12.0 Å². The Morgan fingerprint density at radius 3 is 3.06 bits per heavy atom. The standard InChI is InChI=1S/C12H13BrN4O/c1-2-7-6-15-17-11(7)16-12(18)8-4-3-5-9(14)10(8)13/h3-6H,2,14H2,1H3,(H2,15,16,17,18). The summed E-state index contributed by atoms with van der Waals surface area (Å²) >= 11 is 3.31. The van der Waals surface area contributed by atoms with E-state index >= 15 is 0 Å². The summed E-state index contributed by atoms with van der Waals surface area (Å²) in [6.45, 7) is 2.00. The lowest BCUT2D eigenvalue weighted by Gasteiger charge is -2.07. The topological polar surface area (TPSA) is 83.8 Å². The number of nitrogens with two attached hydrogens (primary N) is 1. The third-order valence-corrected chi connectivity index (χ3v) is 3.50. The van der Waals surface area contributed by atoms with E-state index in [1.807, 2.05) is 6.92 Å². The molecule has 0 bridgehead atoms. The van der Waals surface area contributed by atoms with Crippen molar-refractivity contribution in [2.75, 3.05) is 11.1 Å². The van der Waals surface area contributed by atoms with Crippen molar-refractivity contribution in [2.45, 2.75) is 13.3 Å². The van der Waals surface area contributed by atoms with Gasteiger partial charge in [0.15, 0.2) is 0 Å². The number of nitrogens with zero attached hydrogens (tertiary/aromatic N) is 1. The molecule has 6 heteroatoms. The van der Waals surface area contributed by atoms with E-state index in [-0.39, 0.29) is 5.91 Å². The van der Waals surface area contributed by atoms with Gasteiger partial charge >= 0.3 is 0 Å². The van der Waals surface area contributed by atoms with E-state index in [2.05, 4.69) is 31.4 Å². The quantitative estimate of drug-likeness (QED) is 0.762. The van der Waals surface area contributed by atoms with Crippen LogP contribution in [0.15, 0.2) is 28.9 Å². The molecule has 94 valence electrons. The van der Waals surface area contributed by atoms with Crippen LogP contribution in [-0.4, -0.2) is 16.1 Å². The predicted molar refractivity (Wildman–Crippen MR) is 74.5 cm³/mol. The van der Waals surface area contributed by atoms with Crippen LogP contribution >= 0.6 is 15.9 Å². The molecule has 0 spiro atoms. The maximum atomic E-state index is 12.1. The van der Waals surface area contributed by atoms with Crippen molar-refractivity contribution < 1.29 is 4.79 Å². The first-order valence-electron chi connectivity index (χ1n) is 5.51. The second kappa shape index (κ2) is 5.22. The third-order valence-electron chi connectivity index (χ3n) is 2.61. The number of hydrogen-bond donors (Lipinski definition) is 3. The van der Waals surface area contributed by atoms with Crippen LogP contribution in [0.2, 0.25) is 0 Å². The average molecular weight is 309 g/mol. The van der Waals surface area contributed by atoms with Crippen LogP contribution < -0.4 is 11.1 Å². The van der Waals surface area contributed by atoms with Gasteiger partial charge in [-0.15, -0.1) is 0 Å². The molecule has 1 amide bonds. The van der Waals surface area contributed by atoms with Gasteiger partial charge in [-0.3, -0.25) is 9.89 Å². The number of rotatable bonds is 3. The summed E-state index contributed by atoms with van der Waals surface area (Å²) in [5.74, 6) is 0.393. The van der Waals surface area contributed by atoms with Crippen LogP contribution in [0.4, 0.5) is 11.5 Å². The molecule has 1 aromatic carbocycles. The number of carbonyl (C=O) groups is 1. The summed E-state index contributed by atoms with van der Waals surface area (Å²) in [5, 5.41) is 9.45. The molecule has 0 unspecified atom stereocenters. The number of benzene rings is 1. The molecule has 0 fully saturated rings. The SMILES string of the molecule is CCc1cn[nH]c1NC(=O)c1cccc(N)c1Br. The van der Waals surface area contributed by atoms with Gasteiger partial charge < -0.3 is 11.1 Å². The molecule has 5 nitrogen and oxygen atoms in total. The van der Waals surface area contributed by atoms with Gasteiger partial charge in [0.25, 0.3) is 5.91 Å². The molecular weight excluding hydrogens is 296 g/mol. The van der Waals surface area contributed by atoms with Crippen LogP contribution in [0.5, 0.6) is 0 Å². The lowest BCUT2D eigenvalue weighted by molar-refractivity contribution is 0.102. The highest BCUT2D eigenvalue weighted by atomic mass is 79.9. The number of nitrogens with one attached hydrogen (secondary N) is 2. The van der Waals surface area contributed by atoms with Gasteiger partial charge in [-0.25, -0.2) is 0 Å². The minimum absolute atomic E-state index is 0.229. The van der Waals surface area contributed by atoms with E-state index in [4.69, 9.17) is 5.73 Å². The molecule has 0 saturated carbocycles. The number of H-pyrrole nitrogens is 1. The van der Waals surface area contributed by atoms with E-state index < -0.39 is 0 Å². The Morgan fingerprint density at radius 2 is 2.33 bits per heavy atom. The highest BCUT2D eigenvalue weighted by Crippen LogP contribution is 2.24. The maximum absolute atomic E-state index is 12.1. The Morgan fingerprint density at radius 1 is 1.56 bits per heavy atom. The van der Waals surface area contributed by atoms with Crippen molar-refractivity contribution >= 4 is 33.3 Å². The molecular formula is C12H13BrN4O. The molecule has 1 heterocycles. The van der Waals surface area contributed by atoms with Crippen molar-refractivity contribution in [3.8, 4) is 0 Å². The monoisotopic (exact) mass is 308 g/mol. The van der Waals surface area contributed by atoms with Crippen molar-refractivity contribution in [3.63, 3.8) is 0 Å². The first-order chi connectivity index (χ1) is 8.63. The van der Waals surface area contributed by atoms with E-state index in [1.54, 1.807) is 24.4 Å². The molecule has 2 aromatic rings. The summed E-state index contributed by atoms with van der Waals surface area (Å²) in [7, 11) is 0. The summed E-state index contributed by atoms with van der Waals surface area (Å²) in [6.07, 6.45) is 2.49. The Bertz CT molecular complexity index is 579. The van der Waals surface area contributed by atoms with Gasteiger partial charge in [0, 0.05) is 11.3 Å². The van der Waals surface area contributed by atoms with E-state index in [0.29, 0.717) is 21.5 Å². The molecule has 4 N–H and O–H groups in total. The zero-order valence-electron chi connectivity index (χ0n) is 9.83. The number of anilines is 2. The smallest absolute Gasteiger partial charge is 0.258 e. The summed E-state index contributed by atoms with van der Waals surface area (Å²) in [4.78, 5) is 12.1. The van der Waals surface area contributed by atoms with Crippen LogP contribution in [0.1, 0.15) is 22.8 Å². The molecule has 0 saturated heterocycles. The first kappa shape index (κ1) is 12.6. The highest BCUT2D eigenvalue weighted by molar-refractivity contribution is 9.10. The van der Waals surface area contributed by atoms with Gasteiger partial charge in [-0.1, -0.05) is 13.0 Å². The number of aryl methyl sites for hydroxylation is 1. The third kappa shape index (κ3) is 2.38. The van der Waals surface area contributed by atoms with Gasteiger partial charge in [0.05, 0.1) is 16.2 Å². The van der Waals surface area contributed by atoms with Crippen molar-refractivity contribution in [1.82, 2.24) is 10.2 Å².